The summed E-state index contributed by atoms with van der Waals surface area (Å²) in [4.78, 5) is 22.1. The van der Waals surface area contributed by atoms with Crippen molar-refractivity contribution >= 4 is 17.7 Å². The Bertz CT molecular complexity index is 526. The third-order valence-electron chi connectivity index (χ3n) is 3.27. The van der Waals surface area contributed by atoms with Gasteiger partial charge in [-0.2, -0.15) is 0 Å². The fourth-order valence-electron chi connectivity index (χ4n) is 2.13. The molecule has 1 aromatic carbocycles. The van der Waals surface area contributed by atoms with Gasteiger partial charge in [0.25, 0.3) is 0 Å². The molecule has 1 atom stereocenters. The molecule has 0 saturated carbocycles. The van der Waals surface area contributed by atoms with Crippen LogP contribution >= 0.6 is 0 Å². The summed E-state index contributed by atoms with van der Waals surface area (Å²) in [5.74, 6) is -0.971. The van der Waals surface area contributed by atoms with Gasteiger partial charge in [0.15, 0.2) is 0 Å². The first kappa shape index (κ1) is 17.7. The van der Waals surface area contributed by atoms with Crippen LogP contribution in [0.1, 0.15) is 43.7 Å². The highest BCUT2D eigenvalue weighted by Gasteiger charge is 2.10. The Morgan fingerprint density at radius 1 is 1.27 bits per heavy atom. The second-order valence-corrected chi connectivity index (χ2v) is 5.38. The van der Waals surface area contributed by atoms with E-state index in [1.54, 1.807) is 6.92 Å². The van der Waals surface area contributed by atoms with E-state index in [9.17, 15) is 9.59 Å². The Labute approximate surface area is 130 Å². The zero-order chi connectivity index (χ0) is 16.5. The molecule has 1 aromatic rings. The number of aryl methyl sites for hydroxylation is 1. The van der Waals surface area contributed by atoms with Gasteiger partial charge in [0.1, 0.15) is 5.84 Å². The molecule has 22 heavy (non-hydrogen) atoms. The van der Waals surface area contributed by atoms with Gasteiger partial charge in [-0.15, -0.1) is 0 Å². The SMILES string of the molecule is C[C@@H](CC(=O)O)NC(=O)CCCCc1ccc(C(=N)N)cc1. The topological polar surface area (TPSA) is 116 Å². The molecule has 1 rings (SSSR count). The molecule has 0 heterocycles. The van der Waals surface area contributed by atoms with Crippen molar-refractivity contribution in [1.29, 1.82) is 5.41 Å². The molecule has 0 radical (unpaired) electrons. The van der Waals surface area contributed by atoms with Crippen LogP contribution in [0.3, 0.4) is 0 Å². The molecule has 0 fully saturated rings. The van der Waals surface area contributed by atoms with Gasteiger partial charge in [-0.05, 0) is 31.7 Å². The van der Waals surface area contributed by atoms with E-state index >= 15 is 0 Å². The molecule has 1 amide bonds. The highest BCUT2D eigenvalue weighted by atomic mass is 16.4. The second-order valence-electron chi connectivity index (χ2n) is 5.38. The molecule has 120 valence electrons. The molecule has 6 heteroatoms. The first-order valence-corrected chi connectivity index (χ1v) is 7.33. The van der Waals surface area contributed by atoms with Gasteiger partial charge in [0, 0.05) is 18.0 Å². The predicted octanol–water partition coefficient (Wildman–Crippen LogP) is 1.66. The number of nitrogen functional groups attached to an aromatic ring is 1. The van der Waals surface area contributed by atoms with Crippen molar-refractivity contribution < 1.29 is 14.7 Å². The van der Waals surface area contributed by atoms with Gasteiger partial charge >= 0.3 is 5.97 Å². The smallest absolute Gasteiger partial charge is 0.305 e. The molecule has 0 aromatic heterocycles. The highest BCUT2D eigenvalue weighted by molar-refractivity contribution is 5.94. The van der Waals surface area contributed by atoms with Crippen molar-refractivity contribution in [2.24, 2.45) is 5.73 Å². The van der Waals surface area contributed by atoms with Crippen LogP contribution in [0.2, 0.25) is 0 Å². The standard InChI is InChI=1S/C16H23N3O3/c1-11(10-15(21)22)19-14(20)5-3-2-4-12-6-8-13(9-7-12)16(17)18/h6-9,11H,2-5,10H2,1H3,(H3,17,18)(H,19,20)(H,21,22)/t11-/m0/s1. The van der Waals surface area contributed by atoms with Crippen LogP contribution < -0.4 is 11.1 Å². The number of benzene rings is 1. The van der Waals surface area contributed by atoms with Gasteiger partial charge in [-0.1, -0.05) is 24.3 Å². The van der Waals surface area contributed by atoms with Crippen molar-refractivity contribution in [2.75, 3.05) is 0 Å². The number of hydrogen-bond donors (Lipinski definition) is 4. The fraction of sp³-hybridized carbons (Fsp3) is 0.438. The minimum atomic E-state index is -0.915. The molecule has 0 spiro atoms. The van der Waals surface area contributed by atoms with Gasteiger partial charge in [-0.25, -0.2) is 0 Å². The molecule has 5 N–H and O–H groups in total. The third kappa shape index (κ3) is 6.88. The van der Waals surface area contributed by atoms with Crippen molar-refractivity contribution in [1.82, 2.24) is 5.32 Å². The van der Waals surface area contributed by atoms with Gasteiger partial charge in [0.2, 0.25) is 5.91 Å². The number of amidine groups is 1. The molecular formula is C16H23N3O3. The second kappa shape index (κ2) is 8.81. The van der Waals surface area contributed by atoms with Crippen LogP contribution in [0.15, 0.2) is 24.3 Å². The molecule has 0 bridgehead atoms. The Balaban J connectivity index is 2.23. The Kier molecular flexibility index (Phi) is 7.08. The lowest BCUT2D eigenvalue weighted by Crippen LogP contribution is -2.33. The summed E-state index contributed by atoms with van der Waals surface area (Å²) in [5.41, 5.74) is 7.24. The molecule has 0 unspecified atom stereocenters. The maximum atomic E-state index is 11.6. The van der Waals surface area contributed by atoms with Crippen LogP contribution in [0.5, 0.6) is 0 Å². The van der Waals surface area contributed by atoms with Crippen LogP contribution in [0.25, 0.3) is 0 Å². The Morgan fingerprint density at radius 3 is 2.45 bits per heavy atom. The van der Waals surface area contributed by atoms with Crippen LogP contribution in [-0.4, -0.2) is 28.9 Å². The number of carbonyl (C=O) groups excluding carboxylic acids is 1. The lowest BCUT2D eigenvalue weighted by molar-refractivity contribution is -0.137. The number of rotatable bonds is 9. The summed E-state index contributed by atoms with van der Waals surface area (Å²) >= 11 is 0. The van der Waals surface area contributed by atoms with Gasteiger partial charge in [-0.3, -0.25) is 15.0 Å². The van der Waals surface area contributed by atoms with Crippen LogP contribution in [0, 0.1) is 5.41 Å². The number of carboxylic acid groups (broad SMARTS) is 1. The average molecular weight is 305 g/mol. The minimum absolute atomic E-state index is 0.0544. The monoisotopic (exact) mass is 305 g/mol. The van der Waals surface area contributed by atoms with E-state index < -0.39 is 5.97 Å². The summed E-state index contributed by atoms with van der Waals surface area (Å²) in [6.45, 7) is 1.68. The number of carboxylic acids is 1. The van der Waals surface area contributed by atoms with Crippen LogP contribution in [-0.2, 0) is 16.0 Å². The van der Waals surface area contributed by atoms with E-state index in [1.807, 2.05) is 24.3 Å². The normalized spacial score (nSPS) is 11.7. The summed E-state index contributed by atoms with van der Waals surface area (Å²) in [7, 11) is 0. The first-order chi connectivity index (χ1) is 10.4. The van der Waals surface area contributed by atoms with Crippen molar-refractivity contribution in [3.05, 3.63) is 35.4 Å². The predicted molar refractivity (Wildman–Crippen MR) is 84.9 cm³/mol. The largest absolute Gasteiger partial charge is 0.481 e. The number of nitrogens with two attached hydrogens (primary N) is 1. The Hall–Kier alpha value is -2.37. The lowest BCUT2D eigenvalue weighted by Gasteiger charge is -2.11. The quantitative estimate of drug-likeness (QED) is 0.315. The molecule has 0 aliphatic carbocycles. The number of hydrogen-bond acceptors (Lipinski definition) is 3. The number of amides is 1. The minimum Gasteiger partial charge on any atom is -0.481 e. The van der Waals surface area contributed by atoms with E-state index in [1.165, 1.54) is 0 Å². The maximum Gasteiger partial charge on any atom is 0.305 e. The summed E-state index contributed by atoms with van der Waals surface area (Å²) in [6, 6.07) is 7.16. The summed E-state index contributed by atoms with van der Waals surface area (Å²) in [5, 5.41) is 18.6. The molecule has 0 aliphatic rings. The highest BCUT2D eigenvalue weighted by Crippen LogP contribution is 2.09. The van der Waals surface area contributed by atoms with E-state index in [2.05, 4.69) is 5.32 Å². The van der Waals surface area contributed by atoms with E-state index in [4.69, 9.17) is 16.2 Å². The van der Waals surface area contributed by atoms with Gasteiger partial charge < -0.3 is 16.2 Å². The van der Waals surface area contributed by atoms with Crippen molar-refractivity contribution in [3.63, 3.8) is 0 Å². The number of nitrogens with one attached hydrogen (secondary N) is 2. The summed E-state index contributed by atoms with van der Waals surface area (Å²) < 4.78 is 0. The number of unbranched alkanes of at least 4 members (excludes halogenated alkanes) is 1. The molecule has 0 saturated heterocycles. The Morgan fingerprint density at radius 2 is 1.91 bits per heavy atom. The number of carbonyl (C=O) groups is 2. The molecule has 6 nitrogen and oxygen atoms in total. The molecular weight excluding hydrogens is 282 g/mol. The van der Waals surface area contributed by atoms with Crippen LogP contribution in [0.4, 0.5) is 0 Å². The summed E-state index contributed by atoms with van der Waals surface area (Å²) in [6.07, 6.45) is 2.82. The van der Waals surface area contributed by atoms with Crippen molar-refractivity contribution in [3.8, 4) is 0 Å². The van der Waals surface area contributed by atoms with Gasteiger partial charge in [0.05, 0.1) is 6.42 Å². The zero-order valence-electron chi connectivity index (χ0n) is 12.8. The zero-order valence-corrected chi connectivity index (χ0v) is 12.8. The third-order valence-corrected chi connectivity index (χ3v) is 3.27. The van der Waals surface area contributed by atoms with E-state index in [0.717, 1.165) is 24.8 Å². The van der Waals surface area contributed by atoms with Crippen molar-refractivity contribution in [2.45, 2.75) is 45.1 Å². The fourth-order valence-corrected chi connectivity index (χ4v) is 2.13. The van der Waals surface area contributed by atoms with E-state index in [0.29, 0.717) is 12.0 Å². The maximum absolute atomic E-state index is 11.6. The first-order valence-electron chi connectivity index (χ1n) is 7.33. The average Bonchev–Trinajstić information content (AvgIpc) is 2.43. The molecule has 0 aliphatic heterocycles. The van der Waals surface area contributed by atoms with E-state index in [-0.39, 0.29) is 24.2 Å². The lowest BCUT2D eigenvalue weighted by atomic mass is 10.0. The number of aliphatic carboxylic acids is 1.